The van der Waals surface area contributed by atoms with Crippen LogP contribution in [0.4, 0.5) is 0 Å². The van der Waals surface area contributed by atoms with E-state index in [2.05, 4.69) is 71.6 Å². The summed E-state index contributed by atoms with van der Waals surface area (Å²) < 4.78 is 0. The third-order valence-corrected chi connectivity index (χ3v) is 5.07. The zero-order valence-corrected chi connectivity index (χ0v) is 16.7. The van der Waals surface area contributed by atoms with Crippen molar-refractivity contribution in [1.82, 2.24) is 15.2 Å². The molecule has 3 aromatic rings. The van der Waals surface area contributed by atoms with E-state index in [0.717, 1.165) is 12.1 Å². The van der Waals surface area contributed by atoms with Gasteiger partial charge in [-0.05, 0) is 50.7 Å². The molecule has 0 fully saturated rings. The first-order valence-electron chi connectivity index (χ1n) is 9.50. The summed E-state index contributed by atoms with van der Waals surface area (Å²) in [5, 5.41) is 4.25. The first kappa shape index (κ1) is 19.2. The van der Waals surface area contributed by atoms with Gasteiger partial charge in [-0.1, -0.05) is 42.0 Å². The first-order chi connectivity index (χ1) is 13.0. The molecule has 0 unspecified atom stereocenters. The highest BCUT2D eigenvalue weighted by Crippen LogP contribution is 2.35. The quantitative estimate of drug-likeness (QED) is 0.667. The van der Waals surface area contributed by atoms with E-state index in [4.69, 9.17) is 0 Å². The van der Waals surface area contributed by atoms with Crippen LogP contribution >= 0.6 is 0 Å². The molecule has 3 rings (SSSR count). The van der Waals surface area contributed by atoms with Crippen molar-refractivity contribution in [3.8, 4) is 0 Å². The summed E-state index contributed by atoms with van der Waals surface area (Å²) in [5.74, 6) is 0.119. The molecule has 0 aliphatic rings. The van der Waals surface area contributed by atoms with Gasteiger partial charge in [-0.3, -0.25) is 4.79 Å². The molecule has 27 heavy (non-hydrogen) atoms. The number of hydrogen-bond donors (Lipinski definition) is 2. The van der Waals surface area contributed by atoms with Crippen LogP contribution in [0, 0.1) is 13.8 Å². The van der Waals surface area contributed by atoms with Crippen molar-refractivity contribution in [1.29, 1.82) is 0 Å². The third kappa shape index (κ3) is 4.58. The van der Waals surface area contributed by atoms with E-state index >= 15 is 0 Å². The molecule has 4 heteroatoms. The Bertz CT molecular complexity index is 926. The number of nitrogens with one attached hydrogen (secondary N) is 2. The van der Waals surface area contributed by atoms with Gasteiger partial charge in [0.1, 0.15) is 0 Å². The SMILES string of the molecule is Cc1ccc([C@@H](CC(=O)NCCN(C)C)c2c[nH]c3ccccc23)c(C)c1. The van der Waals surface area contributed by atoms with E-state index in [1.165, 1.54) is 27.6 Å². The number of fused-ring (bicyclic) bond motifs is 1. The summed E-state index contributed by atoms with van der Waals surface area (Å²) >= 11 is 0. The Hall–Kier alpha value is -2.59. The molecule has 0 saturated heterocycles. The normalized spacial score (nSPS) is 12.5. The van der Waals surface area contributed by atoms with Gasteiger partial charge in [-0.25, -0.2) is 0 Å². The summed E-state index contributed by atoms with van der Waals surface area (Å²) in [4.78, 5) is 18.1. The number of hydrogen-bond acceptors (Lipinski definition) is 2. The average molecular weight is 364 g/mol. The lowest BCUT2D eigenvalue weighted by Crippen LogP contribution is -2.32. The van der Waals surface area contributed by atoms with Crippen LogP contribution in [0.3, 0.4) is 0 Å². The second-order valence-corrected chi connectivity index (χ2v) is 7.56. The van der Waals surface area contributed by atoms with Crippen LogP contribution in [-0.2, 0) is 4.79 Å². The highest BCUT2D eigenvalue weighted by Gasteiger charge is 2.22. The number of carbonyl (C=O) groups excluding carboxylic acids is 1. The number of nitrogens with zero attached hydrogens (tertiary/aromatic N) is 1. The first-order valence-corrected chi connectivity index (χ1v) is 9.50. The number of likely N-dealkylation sites (N-methyl/N-ethyl adjacent to an activating group) is 1. The lowest BCUT2D eigenvalue weighted by Gasteiger charge is -2.20. The number of aromatic nitrogens is 1. The van der Waals surface area contributed by atoms with Crippen molar-refractivity contribution in [2.24, 2.45) is 0 Å². The van der Waals surface area contributed by atoms with Crippen molar-refractivity contribution in [3.63, 3.8) is 0 Å². The van der Waals surface area contributed by atoms with Gasteiger partial charge in [0.05, 0.1) is 0 Å². The number of amides is 1. The Morgan fingerprint density at radius 1 is 1.11 bits per heavy atom. The number of benzene rings is 2. The van der Waals surface area contributed by atoms with E-state index in [-0.39, 0.29) is 11.8 Å². The molecule has 2 aromatic carbocycles. The number of aryl methyl sites for hydroxylation is 2. The van der Waals surface area contributed by atoms with Gasteiger partial charge in [-0.2, -0.15) is 0 Å². The van der Waals surface area contributed by atoms with Gasteiger partial charge in [0.15, 0.2) is 0 Å². The molecule has 0 aliphatic carbocycles. The minimum absolute atomic E-state index is 0.0288. The highest BCUT2D eigenvalue weighted by atomic mass is 16.1. The smallest absolute Gasteiger partial charge is 0.220 e. The maximum absolute atomic E-state index is 12.7. The van der Waals surface area contributed by atoms with E-state index in [9.17, 15) is 4.79 Å². The second-order valence-electron chi connectivity index (χ2n) is 7.56. The van der Waals surface area contributed by atoms with Crippen LogP contribution in [-0.4, -0.2) is 43.0 Å². The van der Waals surface area contributed by atoms with Crippen LogP contribution in [0.25, 0.3) is 10.9 Å². The zero-order chi connectivity index (χ0) is 19.4. The molecule has 0 saturated carbocycles. The predicted molar refractivity (Wildman–Crippen MR) is 112 cm³/mol. The van der Waals surface area contributed by atoms with E-state index in [1.807, 2.05) is 20.2 Å². The standard InChI is InChI=1S/C23H29N3O/c1-16-9-10-18(17(2)13-16)20(14-23(27)24-11-12-26(3)4)21-15-25-22-8-6-5-7-19(21)22/h5-10,13,15,20,25H,11-12,14H2,1-4H3,(H,24,27)/t20-/m1/s1. The zero-order valence-electron chi connectivity index (χ0n) is 16.7. The summed E-state index contributed by atoms with van der Waals surface area (Å²) in [6, 6.07) is 14.8. The summed E-state index contributed by atoms with van der Waals surface area (Å²) in [6.07, 6.45) is 2.50. The van der Waals surface area contributed by atoms with Gasteiger partial charge in [0.25, 0.3) is 0 Å². The number of carbonyl (C=O) groups is 1. The Balaban J connectivity index is 1.93. The fourth-order valence-electron chi connectivity index (χ4n) is 3.66. The molecule has 1 amide bonds. The van der Waals surface area contributed by atoms with Crippen LogP contribution < -0.4 is 5.32 Å². The molecule has 1 atom stereocenters. The van der Waals surface area contributed by atoms with Crippen molar-refractivity contribution in [2.75, 3.05) is 27.2 Å². The van der Waals surface area contributed by atoms with Crippen molar-refractivity contribution >= 4 is 16.8 Å². The molecule has 0 spiro atoms. The van der Waals surface area contributed by atoms with E-state index < -0.39 is 0 Å². The van der Waals surface area contributed by atoms with Crippen molar-refractivity contribution in [3.05, 3.63) is 70.9 Å². The molecular formula is C23H29N3O. The largest absolute Gasteiger partial charge is 0.361 e. The summed E-state index contributed by atoms with van der Waals surface area (Å²) in [5.41, 5.74) is 5.97. The number of para-hydroxylation sites is 1. The number of aromatic amines is 1. The lowest BCUT2D eigenvalue weighted by atomic mass is 9.85. The van der Waals surface area contributed by atoms with Gasteiger partial charge < -0.3 is 15.2 Å². The van der Waals surface area contributed by atoms with Gasteiger partial charge in [-0.15, -0.1) is 0 Å². The molecule has 0 aliphatic heterocycles. The predicted octanol–water partition coefficient (Wildman–Crippen LogP) is 3.98. The Morgan fingerprint density at radius 2 is 1.89 bits per heavy atom. The molecular weight excluding hydrogens is 334 g/mol. The fraction of sp³-hybridized carbons (Fsp3) is 0.348. The van der Waals surface area contributed by atoms with Crippen molar-refractivity contribution < 1.29 is 4.79 Å². The van der Waals surface area contributed by atoms with Crippen LogP contribution in [0.2, 0.25) is 0 Å². The van der Waals surface area contributed by atoms with Crippen LogP contribution in [0.5, 0.6) is 0 Å². The Labute approximate surface area is 161 Å². The van der Waals surface area contributed by atoms with Crippen LogP contribution in [0.15, 0.2) is 48.7 Å². The van der Waals surface area contributed by atoms with Gasteiger partial charge in [0, 0.05) is 42.5 Å². The minimum Gasteiger partial charge on any atom is -0.361 e. The Kier molecular flexibility index (Phi) is 5.97. The van der Waals surface area contributed by atoms with Gasteiger partial charge in [0.2, 0.25) is 5.91 Å². The molecule has 4 nitrogen and oxygen atoms in total. The second kappa shape index (κ2) is 8.40. The molecule has 142 valence electrons. The topological polar surface area (TPSA) is 48.1 Å². The van der Waals surface area contributed by atoms with Gasteiger partial charge >= 0.3 is 0 Å². The monoisotopic (exact) mass is 363 g/mol. The molecule has 0 bridgehead atoms. The number of H-pyrrole nitrogens is 1. The van der Waals surface area contributed by atoms with E-state index in [1.54, 1.807) is 0 Å². The molecule has 0 radical (unpaired) electrons. The maximum Gasteiger partial charge on any atom is 0.220 e. The fourth-order valence-corrected chi connectivity index (χ4v) is 3.66. The Morgan fingerprint density at radius 3 is 2.63 bits per heavy atom. The lowest BCUT2D eigenvalue weighted by molar-refractivity contribution is -0.121. The van der Waals surface area contributed by atoms with Crippen molar-refractivity contribution in [2.45, 2.75) is 26.2 Å². The maximum atomic E-state index is 12.7. The highest BCUT2D eigenvalue weighted by molar-refractivity contribution is 5.86. The summed E-state index contributed by atoms with van der Waals surface area (Å²) in [7, 11) is 4.02. The molecule has 2 N–H and O–H groups in total. The van der Waals surface area contributed by atoms with E-state index in [0.29, 0.717) is 13.0 Å². The molecule has 1 aromatic heterocycles. The van der Waals surface area contributed by atoms with Crippen LogP contribution in [0.1, 0.15) is 34.6 Å². The molecule has 1 heterocycles. The summed E-state index contributed by atoms with van der Waals surface area (Å²) in [6.45, 7) is 5.74. The minimum atomic E-state index is 0.0288. The average Bonchev–Trinajstić information content (AvgIpc) is 3.04. The number of rotatable bonds is 7. The third-order valence-electron chi connectivity index (χ3n) is 5.07.